The minimum Gasteiger partial charge on any atom is -0.322 e. The number of rotatable bonds is 5. The van der Waals surface area contributed by atoms with Gasteiger partial charge in [-0.05, 0) is 42.8 Å². The molecule has 0 radical (unpaired) electrons. The molecule has 0 aliphatic rings. The number of hydrogen-bond donors (Lipinski definition) is 1. The van der Waals surface area contributed by atoms with Crippen molar-refractivity contribution in [3.05, 3.63) is 58.6 Å². The van der Waals surface area contributed by atoms with Gasteiger partial charge in [0.15, 0.2) is 0 Å². The highest BCUT2D eigenvalue weighted by atomic mass is 35.5. The third-order valence-electron chi connectivity index (χ3n) is 3.51. The zero-order chi connectivity index (χ0) is 17.9. The smallest absolute Gasteiger partial charge is 0.264 e. The van der Waals surface area contributed by atoms with Gasteiger partial charge in [0.2, 0.25) is 0 Å². The number of amides is 1. The zero-order valence-corrected chi connectivity index (χ0v) is 15.0. The monoisotopic (exact) mass is 368 g/mol. The summed E-state index contributed by atoms with van der Waals surface area (Å²) in [6.07, 6.45) is 0. The summed E-state index contributed by atoms with van der Waals surface area (Å²) in [7, 11) is -1.30. The minimum atomic E-state index is -3.82. The standard InChI is InChI=1S/C16H17ClN2O4S/c1-11-14(17)8-5-9-15(11)18-16(20)12-6-4-7-13(10-12)24(21,22)19(2)23-3/h4-10H,1-3H3,(H,18,20). The summed E-state index contributed by atoms with van der Waals surface area (Å²) in [6, 6.07) is 10.9. The number of nitrogens with one attached hydrogen (secondary N) is 1. The van der Waals surface area contributed by atoms with Crippen molar-refractivity contribution in [2.24, 2.45) is 0 Å². The van der Waals surface area contributed by atoms with Gasteiger partial charge in [-0.1, -0.05) is 28.2 Å². The molecule has 0 saturated heterocycles. The van der Waals surface area contributed by atoms with Gasteiger partial charge in [-0.3, -0.25) is 9.63 Å². The number of sulfonamides is 1. The first-order valence-corrected chi connectivity index (χ1v) is 8.78. The number of anilines is 1. The molecule has 8 heteroatoms. The Labute approximate surface area is 146 Å². The molecule has 0 aliphatic heterocycles. The highest BCUT2D eigenvalue weighted by Gasteiger charge is 2.22. The van der Waals surface area contributed by atoms with Crippen molar-refractivity contribution < 1.29 is 18.0 Å². The molecule has 0 bridgehead atoms. The molecule has 0 spiro atoms. The maximum Gasteiger partial charge on any atom is 0.264 e. The van der Waals surface area contributed by atoms with Gasteiger partial charge in [0.25, 0.3) is 15.9 Å². The summed E-state index contributed by atoms with van der Waals surface area (Å²) in [6.45, 7) is 1.78. The maximum absolute atomic E-state index is 12.4. The molecule has 0 saturated carbocycles. The van der Waals surface area contributed by atoms with E-state index in [9.17, 15) is 13.2 Å². The summed E-state index contributed by atoms with van der Waals surface area (Å²) in [5.74, 6) is -0.433. The van der Waals surface area contributed by atoms with Crippen LogP contribution < -0.4 is 5.32 Å². The van der Waals surface area contributed by atoms with Crippen LogP contribution in [0.4, 0.5) is 5.69 Å². The average Bonchev–Trinajstić information content (AvgIpc) is 2.58. The lowest BCUT2D eigenvalue weighted by Crippen LogP contribution is -2.26. The normalized spacial score (nSPS) is 11.5. The molecule has 1 amide bonds. The Balaban J connectivity index is 2.32. The van der Waals surface area contributed by atoms with E-state index in [0.717, 1.165) is 10.0 Å². The quantitative estimate of drug-likeness (QED) is 0.823. The molecule has 1 N–H and O–H groups in total. The first-order chi connectivity index (χ1) is 11.3. The van der Waals surface area contributed by atoms with E-state index in [1.165, 1.54) is 38.4 Å². The molecule has 0 fully saturated rings. The largest absolute Gasteiger partial charge is 0.322 e. The third-order valence-corrected chi connectivity index (χ3v) is 5.59. The fraction of sp³-hybridized carbons (Fsp3) is 0.188. The summed E-state index contributed by atoms with van der Waals surface area (Å²) in [4.78, 5) is 17.1. The van der Waals surface area contributed by atoms with E-state index in [4.69, 9.17) is 16.4 Å². The Morgan fingerprint density at radius 2 is 1.88 bits per heavy atom. The van der Waals surface area contributed by atoms with Gasteiger partial charge in [0.1, 0.15) is 0 Å². The van der Waals surface area contributed by atoms with Crippen LogP contribution in [0, 0.1) is 6.92 Å². The number of benzene rings is 2. The van der Waals surface area contributed by atoms with Crippen molar-refractivity contribution >= 4 is 33.2 Å². The van der Waals surface area contributed by atoms with Crippen LogP contribution in [0.25, 0.3) is 0 Å². The molecule has 2 aromatic carbocycles. The lowest BCUT2D eigenvalue weighted by atomic mass is 10.1. The predicted molar refractivity (Wildman–Crippen MR) is 92.5 cm³/mol. The highest BCUT2D eigenvalue weighted by Crippen LogP contribution is 2.24. The van der Waals surface area contributed by atoms with Crippen LogP contribution >= 0.6 is 11.6 Å². The van der Waals surface area contributed by atoms with Crippen molar-refractivity contribution in [2.45, 2.75) is 11.8 Å². The van der Waals surface area contributed by atoms with Gasteiger partial charge >= 0.3 is 0 Å². The fourth-order valence-electron chi connectivity index (χ4n) is 1.98. The van der Waals surface area contributed by atoms with Crippen molar-refractivity contribution in [1.29, 1.82) is 0 Å². The van der Waals surface area contributed by atoms with Crippen molar-refractivity contribution in [1.82, 2.24) is 4.47 Å². The average molecular weight is 369 g/mol. The topological polar surface area (TPSA) is 75.7 Å². The van der Waals surface area contributed by atoms with E-state index >= 15 is 0 Å². The molecular weight excluding hydrogens is 352 g/mol. The van der Waals surface area contributed by atoms with Crippen LogP contribution in [0.15, 0.2) is 47.4 Å². The Bertz CT molecular complexity index is 868. The summed E-state index contributed by atoms with van der Waals surface area (Å²) < 4.78 is 25.2. The van der Waals surface area contributed by atoms with Gasteiger partial charge in [-0.2, -0.15) is 0 Å². The lowest BCUT2D eigenvalue weighted by Gasteiger charge is -2.15. The lowest BCUT2D eigenvalue weighted by molar-refractivity contribution is -0.0258. The first-order valence-electron chi connectivity index (χ1n) is 6.97. The number of nitrogens with zero attached hydrogens (tertiary/aromatic N) is 1. The van der Waals surface area contributed by atoms with Crippen LogP contribution in [0.3, 0.4) is 0 Å². The Morgan fingerprint density at radius 1 is 1.21 bits per heavy atom. The van der Waals surface area contributed by atoms with Crippen LogP contribution in [0.1, 0.15) is 15.9 Å². The summed E-state index contributed by atoms with van der Waals surface area (Å²) >= 11 is 6.03. The Kier molecular flexibility index (Phi) is 5.61. The molecule has 0 atom stereocenters. The molecule has 6 nitrogen and oxygen atoms in total. The van der Waals surface area contributed by atoms with Crippen LogP contribution in [-0.2, 0) is 14.9 Å². The number of hydrogen-bond acceptors (Lipinski definition) is 4. The first kappa shape index (κ1) is 18.4. The molecule has 0 aliphatic carbocycles. The fourth-order valence-corrected chi connectivity index (χ4v) is 3.18. The minimum absolute atomic E-state index is 0.0395. The van der Waals surface area contributed by atoms with Crippen molar-refractivity contribution in [3.63, 3.8) is 0 Å². The molecular formula is C16H17ClN2O4S. The molecule has 24 heavy (non-hydrogen) atoms. The highest BCUT2D eigenvalue weighted by molar-refractivity contribution is 7.89. The molecule has 0 unspecified atom stereocenters. The predicted octanol–water partition coefficient (Wildman–Crippen LogP) is 3.08. The van der Waals surface area contributed by atoms with Gasteiger partial charge in [0, 0.05) is 23.3 Å². The van der Waals surface area contributed by atoms with Crippen LogP contribution in [0.5, 0.6) is 0 Å². The molecule has 2 rings (SSSR count). The van der Waals surface area contributed by atoms with Crippen LogP contribution in [-0.4, -0.2) is 33.0 Å². The van der Waals surface area contributed by atoms with Gasteiger partial charge in [-0.25, -0.2) is 8.42 Å². The maximum atomic E-state index is 12.4. The second-order valence-corrected chi connectivity index (χ2v) is 7.33. The third kappa shape index (κ3) is 3.76. The number of halogens is 1. The molecule has 0 heterocycles. The van der Waals surface area contributed by atoms with E-state index in [1.807, 2.05) is 0 Å². The second kappa shape index (κ2) is 7.31. The van der Waals surface area contributed by atoms with Crippen LogP contribution in [0.2, 0.25) is 5.02 Å². The van der Waals surface area contributed by atoms with E-state index in [1.54, 1.807) is 25.1 Å². The second-order valence-electron chi connectivity index (χ2n) is 4.99. The van der Waals surface area contributed by atoms with E-state index in [2.05, 4.69) is 5.32 Å². The van der Waals surface area contributed by atoms with Crippen molar-refractivity contribution in [3.8, 4) is 0 Å². The van der Waals surface area contributed by atoms with Gasteiger partial charge < -0.3 is 5.32 Å². The molecule has 2 aromatic rings. The zero-order valence-electron chi connectivity index (χ0n) is 13.4. The Morgan fingerprint density at radius 3 is 2.54 bits per heavy atom. The molecule has 128 valence electrons. The number of carbonyl (C=O) groups is 1. The number of carbonyl (C=O) groups excluding carboxylic acids is 1. The van der Waals surface area contributed by atoms with E-state index in [-0.39, 0.29) is 10.5 Å². The summed E-state index contributed by atoms with van der Waals surface area (Å²) in [5.41, 5.74) is 1.50. The SMILES string of the molecule is CON(C)S(=O)(=O)c1cccc(C(=O)Nc2cccc(Cl)c2C)c1. The van der Waals surface area contributed by atoms with E-state index in [0.29, 0.717) is 10.7 Å². The van der Waals surface area contributed by atoms with Crippen molar-refractivity contribution in [2.75, 3.05) is 19.5 Å². The molecule has 0 aromatic heterocycles. The van der Waals surface area contributed by atoms with Gasteiger partial charge in [-0.15, -0.1) is 0 Å². The summed E-state index contributed by atoms with van der Waals surface area (Å²) in [5, 5.41) is 3.26. The van der Waals surface area contributed by atoms with Gasteiger partial charge in [0.05, 0.1) is 12.0 Å². The van der Waals surface area contributed by atoms with E-state index < -0.39 is 15.9 Å². The number of hydroxylamine groups is 1. The Hall–Kier alpha value is -1.93.